The van der Waals surface area contributed by atoms with Crippen molar-refractivity contribution in [2.45, 2.75) is 32.4 Å². The number of hydrogen-bond acceptors (Lipinski definition) is 8. The molecule has 0 spiro atoms. The number of ketones is 2. The molecule has 228 valence electrons. The van der Waals surface area contributed by atoms with Gasteiger partial charge in [-0.3, -0.25) is 19.2 Å². The number of azo groups is 2. The molecule has 4 aromatic carbocycles. The normalized spacial score (nSPS) is 12.5. The number of amides is 2. The lowest BCUT2D eigenvalue weighted by Gasteiger charge is -2.11. The maximum Gasteiger partial charge on any atom is 0.258 e. The third-order valence-corrected chi connectivity index (χ3v) is 7.01. The molecule has 0 radical (unpaired) electrons. The van der Waals surface area contributed by atoms with Gasteiger partial charge in [0.15, 0.2) is 11.6 Å². The van der Waals surface area contributed by atoms with Crippen molar-refractivity contribution in [1.29, 1.82) is 0 Å². The highest BCUT2D eigenvalue weighted by molar-refractivity contribution is 6.34. The number of Topliss-reactive ketones (excluding diaryl/α,β-unsaturated/α-hetero) is 2. The predicted molar refractivity (Wildman–Crippen MR) is 175 cm³/mol. The van der Waals surface area contributed by atoms with E-state index in [1.54, 1.807) is 97.9 Å². The second kappa shape index (κ2) is 15.6. The first kappa shape index (κ1) is 32.8. The molecule has 0 fully saturated rings. The lowest BCUT2D eigenvalue weighted by Crippen LogP contribution is -2.33. The first-order valence-electron chi connectivity index (χ1n) is 13.8. The summed E-state index contributed by atoms with van der Waals surface area (Å²) in [4.78, 5) is 49.9. The first-order chi connectivity index (χ1) is 21.7. The van der Waals surface area contributed by atoms with Crippen molar-refractivity contribution in [2.75, 3.05) is 10.6 Å². The van der Waals surface area contributed by atoms with Crippen LogP contribution in [0.2, 0.25) is 10.0 Å². The molecule has 0 aliphatic carbocycles. The zero-order chi connectivity index (χ0) is 32.3. The third-order valence-electron chi connectivity index (χ3n) is 6.41. The van der Waals surface area contributed by atoms with Crippen LogP contribution in [-0.4, -0.2) is 35.5 Å². The fourth-order valence-corrected chi connectivity index (χ4v) is 4.45. The number of rotatable bonds is 12. The van der Waals surface area contributed by atoms with Gasteiger partial charge in [-0.1, -0.05) is 78.7 Å². The number of nitrogens with zero attached hydrogens (tertiary/aromatic N) is 4. The summed E-state index contributed by atoms with van der Waals surface area (Å²) in [5.41, 5.74) is 2.97. The van der Waals surface area contributed by atoms with Crippen molar-refractivity contribution in [2.24, 2.45) is 20.5 Å². The summed E-state index contributed by atoms with van der Waals surface area (Å²) >= 11 is 12.9. The third kappa shape index (κ3) is 8.98. The Morgan fingerprint density at radius 3 is 1.47 bits per heavy atom. The Labute approximate surface area is 269 Å². The van der Waals surface area contributed by atoms with Crippen molar-refractivity contribution in [1.82, 2.24) is 0 Å². The van der Waals surface area contributed by atoms with Crippen molar-refractivity contribution in [3.63, 3.8) is 0 Å². The number of anilines is 2. The largest absolute Gasteiger partial charge is 0.324 e. The van der Waals surface area contributed by atoms with Crippen LogP contribution in [0.5, 0.6) is 0 Å². The highest BCUT2D eigenvalue weighted by Crippen LogP contribution is 2.35. The maximum absolute atomic E-state index is 12.8. The summed E-state index contributed by atoms with van der Waals surface area (Å²) in [7, 11) is 0. The van der Waals surface area contributed by atoms with E-state index in [1.165, 1.54) is 6.92 Å². The summed E-state index contributed by atoms with van der Waals surface area (Å²) in [5, 5.41) is 21.9. The van der Waals surface area contributed by atoms with E-state index in [1.807, 2.05) is 6.07 Å². The van der Waals surface area contributed by atoms with Crippen LogP contribution in [-0.2, 0) is 19.2 Å². The van der Waals surface area contributed by atoms with Gasteiger partial charge >= 0.3 is 0 Å². The number of nitrogens with one attached hydrogen (secondary N) is 2. The van der Waals surface area contributed by atoms with E-state index in [0.717, 1.165) is 0 Å². The van der Waals surface area contributed by atoms with Crippen molar-refractivity contribution >= 4 is 69.3 Å². The Kier molecular flexibility index (Phi) is 11.4. The molecule has 0 aliphatic rings. The molecule has 0 saturated heterocycles. The van der Waals surface area contributed by atoms with E-state index in [9.17, 15) is 19.2 Å². The van der Waals surface area contributed by atoms with Crippen LogP contribution < -0.4 is 10.6 Å². The molecule has 0 heterocycles. The Bertz CT molecular complexity index is 1760. The van der Waals surface area contributed by atoms with Gasteiger partial charge in [0.1, 0.15) is 11.4 Å². The summed E-state index contributed by atoms with van der Waals surface area (Å²) in [5.74, 6) is -2.07. The second-order valence-electron chi connectivity index (χ2n) is 9.71. The maximum atomic E-state index is 12.8. The van der Waals surface area contributed by atoms with Crippen LogP contribution in [0, 0.1) is 0 Å². The quantitative estimate of drug-likeness (QED) is 0.118. The van der Waals surface area contributed by atoms with Gasteiger partial charge in [0.25, 0.3) is 11.8 Å². The monoisotopic (exact) mass is 642 g/mol. The van der Waals surface area contributed by atoms with E-state index < -0.39 is 35.5 Å². The highest BCUT2D eigenvalue weighted by atomic mass is 35.5. The fraction of sp³-hybridized carbons (Fsp3) is 0.152. The van der Waals surface area contributed by atoms with Crippen LogP contribution in [0.15, 0.2) is 118 Å². The second-order valence-corrected chi connectivity index (χ2v) is 10.5. The minimum absolute atomic E-state index is 0.102. The standard InChI is InChI=1S/C33H28Cl2N6O4/c1-3-29(43)31(33(45)37-24-12-8-5-9-13-24)41-39-28-17-15-22(19-26(28)35)21-14-16-27(25(34)18-21)38-40-30(20(2)42)32(44)36-23-10-6-4-7-11-23/h4-19,30-31H,3H2,1-2H3,(H,36,44)(H,37,45). The van der Waals surface area contributed by atoms with Gasteiger partial charge in [0, 0.05) is 17.8 Å². The molecule has 2 N–H and O–H groups in total. The Balaban J connectivity index is 1.48. The zero-order valence-corrected chi connectivity index (χ0v) is 25.8. The van der Waals surface area contributed by atoms with E-state index in [4.69, 9.17) is 23.2 Å². The van der Waals surface area contributed by atoms with Crippen molar-refractivity contribution in [3.8, 4) is 11.1 Å². The number of para-hydroxylation sites is 2. The van der Waals surface area contributed by atoms with Gasteiger partial charge in [0.05, 0.1) is 10.0 Å². The molecule has 0 aromatic heterocycles. The number of benzene rings is 4. The Hall–Kier alpha value is -5.06. The molecule has 0 bridgehead atoms. The highest BCUT2D eigenvalue weighted by Gasteiger charge is 2.26. The van der Waals surface area contributed by atoms with E-state index in [-0.39, 0.29) is 27.8 Å². The Morgan fingerprint density at radius 2 is 1.07 bits per heavy atom. The summed E-state index contributed by atoms with van der Waals surface area (Å²) in [6, 6.07) is 24.7. The number of carbonyl (C=O) groups is 4. The average Bonchev–Trinajstić information content (AvgIpc) is 3.03. The molecular weight excluding hydrogens is 615 g/mol. The number of carbonyl (C=O) groups excluding carboxylic acids is 4. The number of hydrogen-bond donors (Lipinski definition) is 2. The molecule has 2 unspecified atom stereocenters. The van der Waals surface area contributed by atoms with Crippen LogP contribution >= 0.6 is 23.2 Å². The zero-order valence-electron chi connectivity index (χ0n) is 24.3. The molecule has 10 nitrogen and oxygen atoms in total. The van der Waals surface area contributed by atoms with Crippen LogP contribution in [0.25, 0.3) is 11.1 Å². The van der Waals surface area contributed by atoms with E-state index in [2.05, 4.69) is 31.1 Å². The van der Waals surface area contributed by atoms with Gasteiger partial charge < -0.3 is 10.6 Å². The molecule has 2 amide bonds. The van der Waals surface area contributed by atoms with Crippen molar-refractivity contribution in [3.05, 3.63) is 107 Å². The van der Waals surface area contributed by atoms with Gasteiger partial charge in [-0.25, -0.2) is 0 Å². The number of halogens is 2. The SMILES string of the molecule is CCC(=O)C(N=Nc1ccc(-c2ccc(N=NC(C(C)=O)C(=O)Nc3ccccc3)c(Cl)c2)cc1Cl)C(=O)Nc1ccccc1. The lowest BCUT2D eigenvalue weighted by atomic mass is 10.0. The van der Waals surface area contributed by atoms with Crippen molar-refractivity contribution < 1.29 is 19.2 Å². The molecule has 4 rings (SSSR count). The molecule has 0 saturated carbocycles. The van der Waals surface area contributed by atoms with Crippen LogP contribution in [0.1, 0.15) is 20.3 Å². The topological polar surface area (TPSA) is 142 Å². The van der Waals surface area contributed by atoms with Crippen LogP contribution in [0.3, 0.4) is 0 Å². The summed E-state index contributed by atoms with van der Waals surface area (Å²) < 4.78 is 0. The fourth-order valence-electron chi connectivity index (χ4n) is 4.01. The molecule has 0 aliphatic heterocycles. The average molecular weight is 644 g/mol. The molecule has 45 heavy (non-hydrogen) atoms. The molecule has 12 heteroatoms. The Morgan fingerprint density at radius 1 is 0.644 bits per heavy atom. The van der Waals surface area contributed by atoms with Gasteiger partial charge in [-0.15, -0.1) is 0 Å². The predicted octanol–water partition coefficient (Wildman–Crippen LogP) is 8.41. The van der Waals surface area contributed by atoms with E-state index in [0.29, 0.717) is 22.5 Å². The summed E-state index contributed by atoms with van der Waals surface area (Å²) in [6.07, 6.45) is 0.102. The van der Waals surface area contributed by atoms with E-state index >= 15 is 0 Å². The molecule has 4 aromatic rings. The molecule has 2 atom stereocenters. The lowest BCUT2D eigenvalue weighted by molar-refractivity contribution is -0.128. The minimum atomic E-state index is -1.35. The van der Waals surface area contributed by atoms with Crippen LogP contribution in [0.4, 0.5) is 22.7 Å². The van der Waals surface area contributed by atoms with Gasteiger partial charge in [-0.05, 0) is 66.6 Å². The van der Waals surface area contributed by atoms with Gasteiger partial charge in [0.2, 0.25) is 12.1 Å². The first-order valence-corrected chi connectivity index (χ1v) is 14.6. The van der Waals surface area contributed by atoms with Gasteiger partial charge in [-0.2, -0.15) is 20.5 Å². The minimum Gasteiger partial charge on any atom is -0.324 e. The smallest absolute Gasteiger partial charge is 0.258 e. The molecular formula is C33H28Cl2N6O4. The summed E-state index contributed by atoms with van der Waals surface area (Å²) in [6.45, 7) is 2.90.